The SMILES string of the molecule is COc1ccc(C)cc1C(=O)OCC(=O)Nc1cccc(C#N)c1. The molecule has 0 unspecified atom stereocenters. The molecule has 2 rings (SSSR count). The van der Waals surface area contributed by atoms with E-state index < -0.39 is 18.5 Å². The molecule has 1 N–H and O–H groups in total. The van der Waals surface area contributed by atoms with E-state index in [0.29, 0.717) is 17.0 Å². The summed E-state index contributed by atoms with van der Waals surface area (Å²) >= 11 is 0. The maximum atomic E-state index is 12.1. The molecule has 0 atom stereocenters. The molecular weight excluding hydrogens is 308 g/mol. The van der Waals surface area contributed by atoms with Gasteiger partial charge in [-0.25, -0.2) is 4.79 Å². The van der Waals surface area contributed by atoms with Gasteiger partial charge in [0, 0.05) is 5.69 Å². The Bertz CT molecular complexity index is 809. The lowest BCUT2D eigenvalue weighted by Gasteiger charge is -2.10. The van der Waals surface area contributed by atoms with Crippen molar-refractivity contribution in [3.63, 3.8) is 0 Å². The van der Waals surface area contributed by atoms with Gasteiger partial charge in [-0.2, -0.15) is 5.26 Å². The number of rotatable bonds is 5. The zero-order chi connectivity index (χ0) is 17.5. The molecule has 2 aromatic rings. The quantitative estimate of drug-likeness (QED) is 0.854. The highest BCUT2D eigenvalue weighted by molar-refractivity contribution is 5.97. The van der Waals surface area contributed by atoms with Crippen molar-refractivity contribution in [3.05, 3.63) is 59.2 Å². The van der Waals surface area contributed by atoms with E-state index in [1.165, 1.54) is 13.2 Å². The zero-order valence-corrected chi connectivity index (χ0v) is 13.3. The molecule has 6 heteroatoms. The van der Waals surface area contributed by atoms with Crippen LogP contribution in [0, 0.1) is 18.3 Å². The summed E-state index contributed by atoms with van der Waals surface area (Å²) in [6.07, 6.45) is 0. The Morgan fingerprint density at radius 1 is 1.21 bits per heavy atom. The highest BCUT2D eigenvalue weighted by atomic mass is 16.5. The van der Waals surface area contributed by atoms with Crippen LogP contribution in [-0.2, 0) is 9.53 Å². The first-order valence-electron chi connectivity index (χ1n) is 7.15. The second-order valence-electron chi connectivity index (χ2n) is 5.02. The Hall–Kier alpha value is -3.33. The van der Waals surface area contributed by atoms with E-state index in [4.69, 9.17) is 14.7 Å². The zero-order valence-electron chi connectivity index (χ0n) is 13.3. The Balaban J connectivity index is 1.97. The maximum Gasteiger partial charge on any atom is 0.342 e. The summed E-state index contributed by atoms with van der Waals surface area (Å²) in [5.74, 6) is -0.755. The smallest absolute Gasteiger partial charge is 0.342 e. The van der Waals surface area contributed by atoms with Gasteiger partial charge in [0.05, 0.1) is 18.7 Å². The maximum absolute atomic E-state index is 12.1. The molecule has 2 aromatic carbocycles. The topological polar surface area (TPSA) is 88.4 Å². The van der Waals surface area contributed by atoms with Crippen LogP contribution in [0.5, 0.6) is 5.75 Å². The summed E-state index contributed by atoms with van der Waals surface area (Å²) in [7, 11) is 1.45. The fourth-order valence-corrected chi connectivity index (χ4v) is 2.05. The summed E-state index contributed by atoms with van der Waals surface area (Å²) in [6, 6.07) is 13.5. The molecule has 1 amide bonds. The number of anilines is 1. The van der Waals surface area contributed by atoms with Gasteiger partial charge >= 0.3 is 5.97 Å². The number of benzene rings is 2. The van der Waals surface area contributed by atoms with Crippen LogP contribution < -0.4 is 10.1 Å². The minimum absolute atomic E-state index is 0.261. The Morgan fingerprint density at radius 2 is 2.00 bits per heavy atom. The van der Waals surface area contributed by atoms with E-state index in [-0.39, 0.29) is 5.56 Å². The minimum atomic E-state index is -0.642. The number of amides is 1. The summed E-state index contributed by atoms with van der Waals surface area (Å²) in [5, 5.41) is 11.4. The second kappa shape index (κ2) is 7.79. The highest BCUT2D eigenvalue weighted by Gasteiger charge is 2.15. The molecule has 24 heavy (non-hydrogen) atoms. The van der Waals surface area contributed by atoms with E-state index in [1.807, 2.05) is 19.1 Å². The molecule has 0 heterocycles. The van der Waals surface area contributed by atoms with Gasteiger partial charge in [-0.05, 0) is 37.3 Å². The van der Waals surface area contributed by atoms with Crippen molar-refractivity contribution in [2.75, 3.05) is 19.0 Å². The number of carbonyl (C=O) groups excluding carboxylic acids is 2. The largest absolute Gasteiger partial charge is 0.496 e. The molecule has 0 aromatic heterocycles. The molecule has 0 radical (unpaired) electrons. The van der Waals surface area contributed by atoms with E-state index in [1.54, 1.807) is 30.3 Å². The van der Waals surface area contributed by atoms with Crippen molar-refractivity contribution in [2.24, 2.45) is 0 Å². The number of hydrogen-bond acceptors (Lipinski definition) is 5. The van der Waals surface area contributed by atoms with Crippen LogP contribution in [0.2, 0.25) is 0 Å². The van der Waals surface area contributed by atoms with Gasteiger partial charge in [-0.3, -0.25) is 4.79 Å². The number of ether oxygens (including phenoxy) is 2. The van der Waals surface area contributed by atoms with Gasteiger partial charge in [0.15, 0.2) is 6.61 Å². The Morgan fingerprint density at radius 3 is 2.71 bits per heavy atom. The van der Waals surface area contributed by atoms with Crippen LogP contribution >= 0.6 is 0 Å². The summed E-state index contributed by atoms with van der Waals surface area (Å²) < 4.78 is 10.1. The van der Waals surface area contributed by atoms with Crippen molar-refractivity contribution in [1.29, 1.82) is 5.26 Å². The predicted octanol–water partition coefficient (Wildman–Crippen LogP) is 2.67. The lowest BCUT2D eigenvalue weighted by atomic mass is 10.1. The van der Waals surface area contributed by atoms with Gasteiger partial charge in [0.25, 0.3) is 5.91 Å². The van der Waals surface area contributed by atoms with Crippen LogP contribution in [-0.4, -0.2) is 25.6 Å². The molecule has 6 nitrogen and oxygen atoms in total. The molecule has 122 valence electrons. The monoisotopic (exact) mass is 324 g/mol. The normalized spacial score (nSPS) is 9.71. The van der Waals surface area contributed by atoms with E-state index >= 15 is 0 Å². The van der Waals surface area contributed by atoms with Crippen molar-refractivity contribution in [3.8, 4) is 11.8 Å². The van der Waals surface area contributed by atoms with Crippen LogP contribution in [0.3, 0.4) is 0 Å². The molecule has 0 aliphatic rings. The van der Waals surface area contributed by atoms with Gasteiger partial charge in [-0.15, -0.1) is 0 Å². The molecule has 0 aliphatic heterocycles. The fraction of sp³-hybridized carbons (Fsp3) is 0.167. The second-order valence-corrected chi connectivity index (χ2v) is 5.02. The van der Waals surface area contributed by atoms with Crippen molar-refractivity contribution < 1.29 is 19.1 Å². The molecule has 0 aliphatic carbocycles. The Labute approximate surface area is 139 Å². The molecule has 0 bridgehead atoms. The number of aryl methyl sites for hydroxylation is 1. The minimum Gasteiger partial charge on any atom is -0.496 e. The average Bonchev–Trinajstić information content (AvgIpc) is 2.59. The van der Waals surface area contributed by atoms with Gasteiger partial charge in [0.2, 0.25) is 0 Å². The number of carbonyl (C=O) groups is 2. The number of nitrogens with one attached hydrogen (secondary N) is 1. The number of methoxy groups -OCH3 is 1. The lowest BCUT2D eigenvalue weighted by molar-refractivity contribution is -0.119. The van der Waals surface area contributed by atoms with E-state index in [2.05, 4.69) is 5.32 Å². The van der Waals surface area contributed by atoms with Gasteiger partial charge < -0.3 is 14.8 Å². The summed E-state index contributed by atoms with van der Waals surface area (Å²) in [4.78, 5) is 24.0. The predicted molar refractivity (Wildman–Crippen MR) is 87.8 cm³/mol. The Kier molecular flexibility index (Phi) is 5.53. The molecular formula is C18H16N2O4. The summed E-state index contributed by atoms with van der Waals surface area (Å²) in [6.45, 7) is 1.40. The molecule has 0 fully saturated rings. The highest BCUT2D eigenvalue weighted by Crippen LogP contribution is 2.20. The first-order chi connectivity index (χ1) is 11.5. The van der Waals surface area contributed by atoms with Crippen molar-refractivity contribution in [1.82, 2.24) is 0 Å². The average molecular weight is 324 g/mol. The third-order valence-corrected chi connectivity index (χ3v) is 3.18. The van der Waals surface area contributed by atoms with Crippen LogP contribution in [0.4, 0.5) is 5.69 Å². The number of esters is 1. The molecule has 0 saturated carbocycles. The third-order valence-electron chi connectivity index (χ3n) is 3.18. The standard InChI is InChI=1S/C18H16N2O4/c1-12-6-7-16(23-2)15(8-12)18(22)24-11-17(21)20-14-5-3-4-13(9-14)10-19/h3-9H,11H2,1-2H3,(H,20,21). The number of nitriles is 1. The fourth-order valence-electron chi connectivity index (χ4n) is 2.05. The first kappa shape index (κ1) is 17.0. The van der Waals surface area contributed by atoms with Gasteiger partial charge in [0.1, 0.15) is 11.3 Å². The number of hydrogen-bond donors (Lipinski definition) is 1. The van der Waals surface area contributed by atoms with Crippen LogP contribution in [0.15, 0.2) is 42.5 Å². The summed E-state index contributed by atoms with van der Waals surface area (Å²) in [5.41, 5.74) is 2.02. The van der Waals surface area contributed by atoms with Crippen LogP contribution in [0.25, 0.3) is 0 Å². The van der Waals surface area contributed by atoms with Crippen LogP contribution in [0.1, 0.15) is 21.5 Å². The first-order valence-corrected chi connectivity index (χ1v) is 7.15. The molecule has 0 saturated heterocycles. The van der Waals surface area contributed by atoms with Gasteiger partial charge in [-0.1, -0.05) is 17.7 Å². The van der Waals surface area contributed by atoms with Crippen molar-refractivity contribution in [2.45, 2.75) is 6.92 Å². The molecule has 0 spiro atoms. The van der Waals surface area contributed by atoms with Crippen molar-refractivity contribution >= 4 is 17.6 Å². The third kappa shape index (κ3) is 4.34. The number of nitrogens with zero attached hydrogens (tertiary/aromatic N) is 1. The van der Waals surface area contributed by atoms with E-state index in [9.17, 15) is 9.59 Å². The lowest BCUT2D eigenvalue weighted by Crippen LogP contribution is -2.21. The van der Waals surface area contributed by atoms with E-state index in [0.717, 1.165) is 5.56 Å².